The smallest absolute Gasteiger partial charge is 0.161 e. The molecule has 0 aliphatic heterocycles. The number of benzene rings is 2. The third-order valence-electron chi connectivity index (χ3n) is 4.24. The Morgan fingerprint density at radius 3 is 2.42 bits per heavy atom. The molecule has 4 aromatic rings. The molecule has 2 heterocycles. The van der Waals surface area contributed by atoms with E-state index < -0.39 is 0 Å². The van der Waals surface area contributed by atoms with E-state index in [9.17, 15) is 5.21 Å². The van der Waals surface area contributed by atoms with Crippen molar-refractivity contribution in [3.63, 3.8) is 0 Å². The van der Waals surface area contributed by atoms with Crippen molar-refractivity contribution in [2.24, 2.45) is 5.16 Å². The van der Waals surface area contributed by atoms with Crippen LogP contribution >= 0.6 is 0 Å². The third-order valence-corrected chi connectivity index (χ3v) is 4.24. The topological polar surface area (TPSA) is 77.1 Å². The first-order valence-corrected chi connectivity index (χ1v) is 7.96. The van der Waals surface area contributed by atoms with Gasteiger partial charge in [-0.2, -0.15) is 0 Å². The lowest BCUT2D eigenvalue weighted by Gasteiger charge is -2.10. The molecule has 0 aliphatic carbocycles. The van der Waals surface area contributed by atoms with Crippen LogP contribution in [-0.4, -0.2) is 24.4 Å². The standard InChI is InChI=1S/C20H16N2O4/c1-24-19-8-12-7-16(21-11-13(12)9-20(19)25-2)18-10-15(22-23)14-5-3-4-6-17(14)26-18/h3-11,23H,1-2H3. The van der Waals surface area contributed by atoms with E-state index in [2.05, 4.69) is 10.1 Å². The summed E-state index contributed by atoms with van der Waals surface area (Å²) in [4.78, 5) is 4.48. The average Bonchev–Trinajstić information content (AvgIpc) is 2.71. The summed E-state index contributed by atoms with van der Waals surface area (Å²) in [6.45, 7) is 0. The van der Waals surface area contributed by atoms with Crippen LogP contribution in [0.5, 0.6) is 11.5 Å². The highest BCUT2D eigenvalue weighted by Gasteiger charge is 2.11. The van der Waals surface area contributed by atoms with Crippen molar-refractivity contribution in [3.05, 3.63) is 60.1 Å². The molecule has 6 heteroatoms. The molecule has 2 aromatic heterocycles. The van der Waals surface area contributed by atoms with E-state index in [4.69, 9.17) is 13.9 Å². The van der Waals surface area contributed by atoms with E-state index in [1.807, 2.05) is 42.5 Å². The van der Waals surface area contributed by atoms with E-state index in [1.54, 1.807) is 26.5 Å². The minimum absolute atomic E-state index is 0.427. The largest absolute Gasteiger partial charge is 0.493 e. The van der Waals surface area contributed by atoms with Crippen molar-refractivity contribution in [1.82, 2.24) is 4.98 Å². The lowest BCUT2D eigenvalue weighted by Crippen LogP contribution is -2.03. The molecule has 2 aromatic carbocycles. The Hall–Kier alpha value is -3.54. The molecule has 0 unspecified atom stereocenters. The van der Waals surface area contributed by atoms with Gasteiger partial charge in [0, 0.05) is 23.0 Å². The van der Waals surface area contributed by atoms with Gasteiger partial charge in [-0.05, 0) is 35.7 Å². The van der Waals surface area contributed by atoms with Crippen LogP contribution in [0.2, 0.25) is 0 Å². The van der Waals surface area contributed by atoms with Crippen molar-refractivity contribution in [2.45, 2.75) is 0 Å². The second-order valence-corrected chi connectivity index (χ2v) is 5.72. The van der Waals surface area contributed by atoms with Gasteiger partial charge >= 0.3 is 0 Å². The van der Waals surface area contributed by atoms with Crippen LogP contribution in [-0.2, 0) is 0 Å². The lowest BCUT2D eigenvalue weighted by molar-refractivity contribution is 0.302. The number of nitrogens with zero attached hydrogens (tertiary/aromatic N) is 2. The van der Waals surface area contributed by atoms with Crippen molar-refractivity contribution in [2.75, 3.05) is 14.2 Å². The maximum absolute atomic E-state index is 9.34. The molecule has 0 spiro atoms. The second kappa shape index (κ2) is 6.40. The van der Waals surface area contributed by atoms with E-state index in [-0.39, 0.29) is 0 Å². The molecule has 0 fully saturated rings. The van der Waals surface area contributed by atoms with Gasteiger partial charge in [-0.1, -0.05) is 17.3 Å². The van der Waals surface area contributed by atoms with Crippen LogP contribution < -0.4 is 14.8 Å². The molecule has 4 rings (SSSR count). The Balaban J connectivity index is 1.93. The molecule has 130 valence electrons. The lowest BCUT2D eigenvalue weighted by atomic mass is 10.1. The molecule has 26 heavy (non-hydrogen) atoms. The molecule has 1 N–H and O–H groups in total. The quantitative estimate of drug-likeness (QED) is 0.448. The van der Waals surface area contributed by atoms with Crippen molar-refractivity contribution in [3.8, 4) is 23.0 Å². The van der Waals surface area contributed by atoms with Gasteiger partial charge in [0.1, 0.15) is 16.6 Å². The Morgan fingerprint density at radius 1 is 0.962 bits per heavy atom. The number of ether oxygens (including phenoxy) is 2. The predicted octanol–water partition coefficient (Wildman–Crippen LogP) is 3.96. The fourth-order valence-corrected chi connectivity index (χ4v) is 2.93. The van der Waals surface area contributed by atoms with Gasteiger partial charge in [-0.25, -0.2) is 0 Å². The molecule has 0 saturated carbocycles. The van der Waals surface area contributed by atoms with Crippen LogP contribution in [0, 0.1) is 0 Å². The predicted molar refractivity (Wildman–Crippen MR) is 97.4 cm³/mol. The summed E-state index contributed by atoms with van der Waals surface area (Å²) in [5, 5.41) is 15.7. The molecule has 0 amide bonds. The Morgan fingerprint density at radius 2 is 1.69 bits per heavy atom. The molecule has 0 bridgehead atoms. The summed E-state index contributed by atoms with van der Waals surface area (Å²) in [5.74, 6) is 1.79. The first kappa shape index (κ1) is 16.0. The van der Waals surface area contributed by atoms with Crippen LogP contribution in [0.3, 0.4) is 0 Å². The monoisotopic (exact) mass is 348 g/mol. The number of hydrogen-bond donors (Lipinski definition) is 1. The van der Waals surface area contributed by atoms with Crippen LogP contribution in [0.15, 0.2) is 64.3 Å². The highest BCUT2D eigenvalue weighted by molar-refractivity contribution is 5.88. The van der Waals surface area contributed by atoms with Gasteiger partial charge < -0.3 is 19.1 Å². The maximum atomic E-state index is 9.34. The van der Waals surface area contributed by atoms with Crippen LogP contribution in [0.25, 0.3) is 33.2 Å². The van der Waals surface area contributed by atoms with Crippen LogP contribution in [0.4, 0.5) is 0 Å². The van der Waals surface area contributed by atoms with Crippen molar-refractivity contribution in [1.29, 1.82) is 0 Å². The summed E-state index contributed by atoms with van der Waals surface area (Å²) in [6.07, 6.45) is 1.74. The van der Waals surface area contributed by atoms with Gasteiger partial charge in [-0.3, -0.25) is 4.98 Å². The first-order chi connectivity index (χ1) is 12.7. The Labute approximate surface area is 148 Å². The maximum Gasteiger partial charge on any atom is 0.161 e. The Bertz CT molecular complexity index is 1180. The highest BCUT2D eigenvalue weighted by atomic mass is 16.5. The number of pyridine rings is 1. The van der Waals surface area contributed by atoms with Gasteiger partial charge in [0.05, 0.1) is 14.2 Å². The normalized spacial score (nSPS) is 11.8. The van der Waals surface area contributed by atoms with E-state index in [1.165, 1.54) is 0 Å². The summed E-state index contributed by atoms with van der Waals surface area (Å²) in [7, 11) is 3.19. The zero-order chi connectivity index (χ0) is 18.1. The summed E-state index contributed by atoms with van der Waals surface area (Å²) in [5.41, 5.74) is 1.24. The minimum Gasteiger partial charge on any atom is -0.493 e. The van der Waals surface area contributed by atoms with Crippen molar-refractivity contribution < 1.29 is 19.1 Å². The average molecular weight is 348 g/mol. The fourth-order valence-electron chi connectivity index (χ4n) is 2.93. The fraction of sp³-hybridized carbons (Fsp3) is 0.100. The summed E-state index contributed by atoms with van der Waals surface area (Å²) >= 11 is 0. The number of rotatable bonds is 3. The number of hydrogen-bond acceptors (Lipinski definition) is 6. The van der Waals surface area contributed by atoms with Gasteiger partial charge in [0.25, 0.3) is 0 Å². The van der Waals surface area contributed by atoms with E-state index >= 15 is 0 Å². The highest BCUT2D eigenvalue weighted by Crippen LogP contribution is 2.33. The number of methoxy groups -OCH3 is 2. The van der Waals surface area contributed by atoms with Gasteiger partial charge in [0.15, 0.2) is 17.3 Å². The molecule has 0 atom stereocenters. The van der Waals surface area contributed by atoms with E-state index in [0.717, 1.165) is 16.2 Å². The molecular weight excluding hydrogens is 332 g/mol. The molecule has 0 radical (unpaired) electrons. The zero-order valence-electron chi connectivity index (χ0n) is 14.3. The zero-order valence-corrected chi connectivity index (χ0v) is 14.3. The van der Waals surface area contributed by atoms with Crippen LogP contribution in [0.1, 0.15) is 0 Å². The number of para-hydroxylation sites is 1. The SMILES string of the molecule is COc1cc2cnc(-c3cc(=NO)c4ccccc4o3)cc2cc1OC. The molecule has 6 nitrogen and oxygen atoms in total. The molecule has 0 aliphatic rings. The molecular formula is C20H16N2O4. The first-order valence-electron chi connectivity index (χ1n) is 7.96. The Kier molecular flexibility index (Phi) is 3.93. The van der Waals surface area contributed by atoms with Gasteiger partial charge in [-0.15, -0.1) is 0 Å². The third kappa shape index (κ3) is 2.61. The van der Waals surface area contributed by atoms with Gasteiger partial charge in [0.2, 0.25) is 0 Å². The summed E-state index contributed by atoms with van der Waals surface area (Å²) in [6, 6.07) is 14.7. The summed E-state index contributed by atoms with van der Waals surface area (Å²) < 4.78 is 16.6. The number of fused-ring (bicyclic) bond motifs is 2. The van der Waals surface area contributed by atoms with Crippen molar-refractivity contribution >= 4 is 21.7 Å². The molecule has 0 saturated heterocycles. The second-order valence-electron chi connectivity index (χ2n) is 5.72. The minimum atomic E-state index is 0.427. The number of aromatic nitrogens is 1. The van der Waals surface area contributed by atoms with E-state index in [0.29, 0.717) is 33.9 Å².